The van der Waals surface area contributed by atoms with Crippen molar-refractivity contribution in [2.75, 3.05) is 44.6 Å². The number of anilines is 1. The highest BCUT2D eigenvalue weighted by Crippen LogP contribution is 2.29. The Bertz CT molecular complexity index is 470. The van der Waals surface area contributed by atoms with Crippen LogP contribution in [0.1, 0.15) is 24.5 Å². The molecule has 6 heteroatoms. The summed E-state index contributed by atoms with van der Waals surface area (Å²) < 4.78 is 1.14. The second-order valence-electron chi connectivity index (χ2n) is 5.21. The fourth-order valence-electron chi connectivity index (χ4n) is 2.88. The van der Waals surface area contributed by atoms with Crippen LogP contribution in [0.15, 0.2) is 0 Å². The molecule has 2 bridgehead atoms. The van der Waals surface area contributed by atoms with Crippen LogP contribution in [0.25, 0.3) is 0 Å². The van der Waals surface area contributed by atoms with Crippen molar-refractivity contribution in [2.24, 2.45) is 0 Å². The fourth-order valence-corrected chi connectivity index (χ4v) is 3.31. The summed E-state index contributed by atoms with van der Waals surface area (Å²) in [5.41, 5.74) is 1.08. The fraction of sp³-hybridized carbons (Fsp3) is 0.692. The summed E-state index contributed by atoms with van der Waals surface area (Å²) in [6.45, 7) is 10.8. The molecule has 1 aromatic rings. The first kappa shape index (κ1) is 13.5. The smallest absolute Gasteiger partial charge is 0.149 e. The molecule has 3 saturated heterocycles. The highest BCUT2D eigenvalue weighted by molar-refractivity contribution is 14.1. The lowest BCUT2D eigenvalue weighted by atomic mass is 10.1. The lowest BCUT2D eigenvalue weighted by Crippen LogP contribution is -2.57. The summed E-state index contributed by atoms with van der Waals surface area (Å²) >= 11 is 2.33. The minimum Gasteiger partial charge on any atom is -0.369 e. The minimum absolute atomic E-state index is 0.371. The van der Waals surface area contributed by atoms with E-state index in [1.165, 1.54) is 13.1 Å². The van der Waals surface area contributed by atoms with Gasteiger partial charge in [0.25, 0.3) is 0 Å². The predicted octanol–water partition coefficient (Wildman–Crippen LogP) is 1.49. The Kier molecular flexibility index (Phi) is 3.91. The molecule has 0 spiro atoms. The first-order valence-electron chi connectivity index (χ1n) is 6.93. The van der Waals surface area contributed by atoms with Gasteiger partial charge in [-0.05, 0) is 36.4 Å². The van der Waals surface area contributed by atoms with Crippen molar-refractivity contribution in [3.8, 4) is 0 Å². The van der Waals surface area contributed by atoms with E-state index in [9.17, 15) is 0 Å². The largest absolute Gasteiger partial charge is 0.369 e. The summed E-state index contributed by atoms with van der Waals surface area (Å²) in [6, 6.07) is 0.371. The Balaban J connectivity index is 1.92. The summed E-state index contributed by atoms with van der Waals surface area (Å²) in [6.07, 6.45) is 0. The van der Waals surface area contributed by atoms with Crippen LogP contribution in [0.4, 0.5) is 5.82 Å². The van der Waals surface area contributed by atoms with E-state index in [2.05, 4.69) is 51.6 Å². The number of piperazine rings is 3. The number of halogens is 1. The molecule has 1 N–H and O–H groups in total. The van der Waals surface area contributed by atoms with Crippen LogP contribution >= 0.6 is 22.6 Å². The molecule has 19 heavy (non-hydrogen) atoms. The zero-order valence-electron chi connectivity index (χ0n) is 11.5. The van der Waals surface area contributed by atoms with Crippen molar-refractivity contribution in [3.63, 3.8) is 0 Å². The summed E-state index contributed by atoms with van der Waals surface area (Å²) in [5.74, 6) is 1.97. The van der Waals surface area contributed by atoms with Crippen LogP contribution in [0.5, 0.6) is 0 Å². The van der Waals surface area contributed by atoms with E-state index >= 15 is 0 Å². The van der Waals surface area contributed by atoms with Crippen molar-refractivity contribution in [1.29, 1.82) is 0 Å². The van der Waals surface area contributed by atoms with Crippen molar-refractivity contribution in [3.05, 3.63) is 15.1 Å². The number of aryl methyl sites for hydroxylation is 1. The van der Waals surface area contributed by atoms with Gasteiger partial charge in [-0.3, -0.25) is 9.80 Å². The quantitative estimate of drug-likeness (QED) is 0.814. The van der Waals surface area contributed by atoms with Crippen LogP contribution in [-0.4, -0.2) is 59.0 Å². The average Bonchev–Trinajstić information content (AvgIpc) is 2.45. The van der Waals surface area contributed by atoms with Gasteiger partial charge >= 0.3 is 0 Å². The SMILES string of the molecule is CCNc1nc(C2CN3CCN2CC3)nc(C)c1I. The van der Waals surface area contributed by atoms with Crippen molar-refractivity contribution >= 4 is 28.4 Å². The third kappa shape index (κ3) is 2.57. The van der Waals surface area contributed by atoms with Crippen molar-refractivity contribution in [2.45, 2.75) is 19.9 Å². The predicted molar refractivity (Wildman–Crippen MR) is 84.4 cm³/mol. The van der Waals surface area contributed by atoms with Gasteiger partial charge in [0.2, 0.25) is 0 Å². The second-order valence-corrected chi connectivity index (χ2v) is 6.29. The maximum Gasteiger partial charge on any atom is 0.149 e. The highest BCUT2D eigenvalue weighted by Gasteiger charge is 2.34. The molecule has 0 aromatic carbocycles. The number of hydrogen-bond donors (Lipinski definition) is 1. The van der Waals surface area contributed by atoms with Gasteiger partial charge in [0.15, 0.2) is 0 Å². The molecule has 3 fully saturated rings. The molecule has 3 aliphatic heterocycles. The Hall–Kier alpha value is -0.470. The molecule has 5 nitrogen and oxygen atoms in total. The first-order chi connectivity index (χ1) is 9.19. The molecule has 104 valence electrons. The first-order valence-corrected chi connectivity index (χ1v) is 8.01. The Labute approximate surface area is 127 Å². The van der Waals surface area contributed by atoms with Crippen molar-refractivity contribution in [1.82, 2.24) is 19.8 Å². The molecule has 1 unspecified atom stereocenters. The lowest BCUT2D eigenvalue weighted by Gasteiger charge is -2.46. The monoisotopic (exact) mass is 373 g/mol. The second kappa shape index (κ2) is 5.49. The molecule has 1 atom stereocenters. The van der Waals surface area contributed by atoms with Gasteiger partial charge in [-0.15, -0.1) is 0 Å². The van der Waals surface area contributed by atoms with Crippen LogP contribution in [0, 0.1) is 10.5 Å². The van der Waals surface area contributed by atoms with Crippen LogP contribution in [0.3, 0.4) is 0 Å². The standard InChI is InChI=1S/C13H20IN5/c1-3-15-13-11(14)9(2)16-12(17-13)10-8-18-4-6-19(10)7-5-18/h10H,3-8H2,1-2H3,(H,15,16,17). The molecule has 1 aromatic heterocycles. The molecule has 3 aliphatic rings. The molecule has 4 rings (SSSR count). The maximum absolute atomic E-state index is 4.77. The molecule has 0 radical (unpaired) electrons. The molecule has 0 aliphatic carbocycles. The number of fused-ring (bicyclic) bond motifs is 3. The molecule has 0 amide bonds. The van der Waals surface area contributed by atoms with E-state index in [-0.39, 0.29) is 0 Å². The van der Waals surface area contributed by atoms with E-state index < -0.39 is 0 Å². The molecule has 4 heterocycles. The maximum atomic E-state index is 4.77. The Morgan fingerprint density at radius 2 is 2.00 bits per heavy atom. The van der Waals surface area contributed by atoms with E-state index in [4.69, 9.17) is 9.97 Å². The topological polar surface area (TPSA) is 44.3 Å². The summed E-state index contributed by atoms with van der Waals surface area (Å²) in [5, 5.41) is 3.35. The van der Waals surface area contributed by atoms with Crippen LogP contribution in [-0.2, 0) is 0 Å². The van der Waals surface area contributed by atoms with Gasteiger partial charge in [0, 0.05) is 39.3 Å². The molecular formula is C13H20IN5. The summed E-state index contributed by atoms with van der Waals surface area (Å²) in [7, 11) is 0. The zero-order valence-corrected chi connectivity index (χ0v) is 13.6. The van der Waals surface area contributed by atoms with Crippen molar-refractivity contribution < 1.29 is 0 Å². The van der Waals surface area contributed by atoms with Gasteiger partial charge in [0.1, 0.15) is 11.6 Å². The average molecular weight is 373 g/mol. The number of hydrogen-bond acceptors (Lipinski definition) is 5. The highest BCUT2D eigenvalue weighted by atomic mass is 127. The number of nitrogens with one attached hydrogen (secondary N) is 1. The van der Waals surface area contributed by atoms with Gasteiger partial charge in [0.05, 0.1) is 15.3 Å². The van der Waals surface area contributed by atoms with Gasteiger partial charge in [-0.2, -0.15) is 0 Å². The number of rotatable bonds is 3. The van der Waals surface area contributed by atoms with Gasteiger partial charge < -0.3 is 5.32 Å². The van der Waals surface area contributed by atoms with E-state index in [1.54, 1.807) is 0 Å². The van der Waals surface area contributed by atoms with E-state index in [0.29, 0.717) is 6.04 Å². The van der Waals surface area contributed by atoms with Crippen LogP contribution < -0.4 is 5.32 Å². The van der Waals surface area contributed by atoms with Crippen LogP contribution in [0.2, 0.25) is 0 Å². The number of aromatic nitrogens is 2. The number of nitrogens with zero attached hydrogens (tertiary/aromatic N) is 4. The van der Waals surface area contributed by atoms with Gasteiger partial charge in [-0.1, -0.05) is 0 Å². The lowest BCUT2D eigenvalue weighted by molar-refractivity contribution is 0.00863. The molecular weight excluding hydrogens is 353 g/mol. The van der Waals surface area contributed by atoms with E-state index in [0.717, 1.165) is 47.1 Å². The third-order valence-corrected chi connectivity index (χ3v) is 5.25. The summed E-state index contributed by atoms with van der Waals surface area (Å²) in [4.78, 5) is 14.5. The normalized spacial score (nSPS) is 29.5. The Morgan fingerprint density at radius 1 is 1.26 bits per heavy atom. The minimum atomic E-state index is 0.371. The van der Waals surface area contributed by atoms with E-state index in [1.807, 2.05) is 0 Å². The third-order valence-electron chi connectivity index (χ3n) is 3.96. The molecule has 0 saturated carbocycles. The zero-order chi connectivity index (χ0) is 13.4. The Morgan fingerprint density at radius 3 is 2.58 bits per heavy atom. The van der Waals surface area contributed by atoms with Gasteiger partial charge in [-0.25, -0.2) is 9.97 Å².